The molecule has 2 aromatic rings. The number of aryl methyl sites for hydroxylation is 1. The van der Waals surface area contributed by atoms with E-state index in [1.165, 1.54) is 6.20 Å². The number of pyridine rings is 2. The fraction of sp³-hybridized carbons (Fsp3) is 0.304. The van der Waals surface area contributed by atoms with Crippen LogP contribution in [-0.4, -0.2) is 51.1 Å². The summed E-state index contributed by atoms with van der Waals surface area (Å²) >= 11 is 0. The molecule has 2 aromatic heterocycles. The van der Waals surface area contributed by atoms with Gasteiger partial charge in [0.2, 0.25) is 0 Å². The average Bonchev–Trinajstić information content (AvgIpc) is 2.77. The molecule has 170 valence electrons. The molecule has 2 heterocycles. The van der Waals surface area contributed by atoms with Crippen LogP contribution >= 0.6 is 0 Å². The van der Waals surface area contributed by atoms with E-state index in [1.807, 2.05) is 32.9 Å². The molecule has 0 aliphatic heterocycles. The van der Waals surface area contributed by atoms with Gasteiger partial charge in [-0.3, -0.25) is 9.78 Å². The maximum Gasteiger partial charge on any atom is 0.255 e. The van der Waals surface area contributed by atoms with Crippen molar-refractivity contribution in [2.45, 2.75) is 26.8 Å². The van der Waals surface area contributed by atoms with Crippen molar-refractivity contribution in [3.8, 4) is 0 Å². The highest BCUT2D eigenvalue weighted by molar-refractivity contribution is 6.20. The lowest BCUT2D eigenvalue weighted by atomic mass is 9.93. The van der Waals surface area contributed by atoms with Gasteiger partial charge in [0.05, 0.1) is 36.2 Å². The molecule has 1 amide bonds. The minimum Gasteiger partial charge on any atom is -0.404 e. The SMILES string of the molecule is Cc1cccc(N=C(C(=CN)C(C)C)c2ccnc(C(=CN)C(=O)NC(CO)CO)c2)n1. The Balaban J connectivity index is 2.55. The lowest BCUT2D eigenvalue weighted by Crippen LogP contribution is -2.40. The monoisotopic (exact) mass is 438 g/mol. The first-order valence-electron chi connectivity index (χ1n) is 10.2. The van der Waals surface area contributed by atoms with Gasteiger partial charge < -0.3 is 27.0 Å². The van der Waals surface area contributed by atoms with Gasteiger partial charge in [0.1, 0.15) is 0 Å². The van der Waals surface area contributed by atoms with Crippen LogP contribution in [0.1, 0.15) is 30.8 Å². The maximum absolute atomic E-state index is 12.6. The van der Waals surface area contributed by atoms with Crippen molar-refractivity contribution in [3.05, 3.63) is 71.5 Å². The second-order valence-corrected chi connectivity index (χ2v) is 7.42. The largest absolute Gasteiger partial charge is 0.404 e. The normalized spacial score (nSPS) is 13.0. The molecule has 0 saturated carbocycles. The number of amides is 1. The minimum absolute atomic E-state index is 0.0721. The van der Waals surface area contributed by atoms with E-state index in [2.05, 4.69) is 15.3 Å². The molecule has 9 nitrogen and oxygen atoms in total. The summed E-state index contributed by atoms with van der Waals surface area (Å²) < 4.78 is 0. The number of aromatic nitrogens is 2. The van der Waals surface area contributed by atoms with Gasteiger partial charge in [-0.05, 0) is 48.9 Å². The molecule has 0 radical (unpaired) electrons. The number of hydrogen-bond acceptors (Lipinski definition) is 8. The quantitative estimate of drug-likeness (QED) is 0.290. The third-order valence-corrected chi connectivity index (χ3v) is 4.67. The Labute approximate surface area is 187 Å². The molecule has 2 rings (SSSR count). The Kier molecular flexibility index (Phi) is 9.06. The molecular formula is C23H30N6O3. The number of nitrogens with two attached hydrogens (primary N) is 2. The van der Waals surface area contributed by atoms with Crippen LogP contribution in [0.5, 0.6) is 0 Å². The smallest absolute Gasteiger partial charge is 0.255 e. The van der Waals surface area contributed by atoms with Crippen molar-refractivity contribution >= 4 is 23.0 Å². The van der Waals surface area contributed by atoms with Crippen LogP contribution in [0.25, 0.3) is 5.57 Å². The highest BCUT2D eigenvalue weighted by Crippen LogP contribution is 2.23. The van der Waals surface area contributed by atoms with E-state index in [0.717, 1.165) is 17.5 Å². The Hall–Kier alpha value is -3.56. The molecule has 0 unspecified atom stereocenters. The van der Waals surface area contributed by atoms with Gasteiger partial charge in [0.25, 0.3) is 5.91 Å². The molecule has 7 N–H and O–H groups in total. The molecule has 0 saturated heterocycles. The first-order chi connectivity index (χ1) is 15.3. The third-order valence-electron chi connectivity index (χ3n) is 4.67. The predicted molar refractivity (Wildman–Crippen MR) is 125 cm³/mol. The molecule has 9 heteroatoms. The predicted octanol–water partition coefficient (Wildman–Crippen LogP) is 1.17. The van der Waals surface area contributed by atoms with E-state index < -0.39 is 25.2 Å². The summed E-state index contributed by atoms with van der Waals surface area (Å²) in [5, 5.41) is 21.0. The van der Waals surface area contributed by atoms with Crippen LogP contribution < -0.4 is 16.8 Å². The number of aliphatic hydroxyl groups is 2. The van der Waals surface area contributed by atoms with E-state index in [1.54, 1.807) is 24.4 Å². The number of carbonyl (C=O) groups is 1. The van der Waals surface area contributed by atoms with Gasteiger partial charge in [-0.2, -0.15) is 0 Å². The first-order valence-corrected chi connectivity index (χ1v) is 10.2. The summed E-state index contributed by atoms with van der Waals surface area (Å²) in [6.45, 7) is 5.07. The zero-order chi connectivity index (χ0) is 23.7. The summed E-state index contributed by atoms with van der Waals surface area (Å²) in [5.41, 5.74) is 14.9. The Bertz CT molecular complexity index is 1030. The Morgan fingerprint density at radius 2 is 1.91 bits per heavy atom. The van der Waals surface area contributed by atoms with Crippen LogP contribution in [0.3, 0.4) is 0 Å². The molecule has 0 aliphatic rings. The first kappa shape index (κ1) is 24.7. The van der Waals surface area contributed by atoms with Crippen LogP contribution in [-0.2, 0) is 4.79 Å². The fourth-order valence-electron chi connectivity index (χ4n) is 2.96. The second kappa shape index (κ2) is 11.7. The van der Waals surface area contributed by atoms with Crippen molar-refractivity contribution < 1.29 is 15.0 Å². The molecule has 0 aliphatic carbocycles. The zero-order valence-electron chi connectivity index (χ0n) is 18.5. The number of carbonyl (C=O) groups excluding carboxylic acids is 1. The summed E-state index contributed by atoms with van der Waals surface area (Å²) in [4.78, 5) is 26.1. The lowest BCUT2D eigenvalue weighted by Gasteiger charge is -2.17. The van der Waals surface area contributed by atoms with Gasteiger partial charge >= 0.3 is 0 Å². The van der Waals surface area contributed by atoms with Crippen molar-refractivity contribution in [2.24, 2.45) is 22.4 Å². The zero-order valence-corrected chi connectivity index (χ0v) is 18.5. The number of aliphatic hydroxyl groups excluding tert-OH is 2. The van der Waals surface area contributed by atoms with E-state index in [9.17, 15) is 15.0 Å². The molecular weight excluding hydrogens is 408 g/mol. The summed E-state index contributed by atoms with van der Waals surface area (Å²) in [5.74, 6) is 0.0322. The lowest BCUT2D eigenvalue weighted by molar-refractivity contribution is -0.116. The van der Waals surface area contributed by atoms with Gasteiger partial charge in [-0.25, -0.2) is 9.98 Å². The van der Waals surface area contributed by atoms with Crippen LogP contribution in [0.4, 0.5) is 5.82 Å². The van der Waals surface area contributed by atoms with Crippen LogP contribution in [0, 0.1) is 12.8 Å². The van der Waals surface area contributed by atoms with Gasteiger partial charge in [0, 0.05) is 23.7 Å². The van der Waals surface area contributed by atoms with Gasteiger partial charge in [-0.15, -0.1) is 0 Å². The average molecular weight is 439 g/mol. The third kappa shape index (κ3) is 6.22. The van der Waals surface area contributed by atoms with E-state index in [-0.39, 0.29) is 11.5 Å². The minimum atomic E-state index is -0.808. The molecule has 0 fully saturated rings. The van der Waals surface area contributed by atoms with Crippen LogP contribution in [0.2, 0.25) is 0 Å². The number of aliphatic imine (C=N–C) groups is 1. The van der Waals surface area contributed by atoms with Gasteiger partial charge in [-0.1, -0.05) is 19.9 Å². The Morgan fingerprint density at radius 1 is 1.19 bits per heavy atom. The van der Waals surface area contributed by atoms with E-state index in [4.69, 9.17) is 16.5 Å². The standard InChI is InChI=1S/C23H30N6O3/c1-14(2)18(10-24)22(29-21-6-4-5-15(3)27-21)16-7-8-26-20(9-16)19(11-25)23(32)28-17(12-30)13-31/h4-11,14,17,30-31H,12-13,24-25H2,1-3H3,(H,28,32). The molecule has 0 aromatic carbocycles. The summed E-state index contributed by atoms with van der Waals surface area (Å²) in [6.07, 6.45) is 4.19. The van der Waals surface area contributed by atoms with Crippen molar-refractivity contribution in [3.63, 3.8) is 0 Å². The summed E-state index contributed by atoms with van der Waals surface area (Å²) in [6, 6.07) is 8.20. The fourth-order valence-corrected chi connectivity index (χ4v) is 2.96. The highest BCUT2D eigenvalue weighted by Gasteiger charge is 2.20. The number of hydrogen-bond donors (Lipinski definition) is 5. The number of allylic oxidation sites excluding steroid dienone is 1. The summed E-state index contributed by atoms with van der Waals surface area (Å²) in [7, 11) is 0. The molecule has 0 spiro atoms. The van der Waals surface area contributed by atoms with Gasteiger partial charge in [0.15, 0.2) is 5.82 Å². The molecule has 0 bridgehead atoms. The number of nitrogens with one attached hydrogen (secondary N) is 1. The number of rotatable bonds is 9. The number of nitrogens with zero attached hydrogens (tertiary/aromatic N) is 3. The van der Waals surface area contributed by atoms with Crippen molar-refractivity contribution in [2.75, 3.05) is 13.2 Å². The van der Waals surface area contributed by atoms with E-state index >= 15 is 0 Å². The van der Waals surface area contributed by atoms with Crippen molar-refractivity contribution in [1.82, 2.24) is 15.3 Å². The Morgan fingerprint density at radius 3 is 2.47 bits per heavy atom. The van der Waals surface area contributed by atoms with E-state index in [0.29, 0.717) is 22.8 Å². The van der Waals surface area contributed by atoms with Crippen molar-refractivity contribution in [1.29, 1.82) is 0 Å². The second-order valence-electron chi connectivity index (χ2n) is 7.42. The highest BCUT2D eigenvalue weighted by atomic mass is 16.3. The maximum atomic E-state index is 12.6. The molecule has 0 atom stereocenters. The molecule has 32 heavy (non-hydrogen) atoms. The van der Waals surface area contributed by atoms with Crippen LogP contribution in [0.15, 0.2) is 59.5 Å². The topological polar surface area (TPSA) is 160 Å².